The highest BCUT2D eigenvalue weighted by atomic mass is 16.4. The topological polar surface area (TPSA) is 377 Å². The lowest BCUT2D eigenvalue weighted by molar-refractivity contribution is -0.144. The summed E-state index contributed by atoms with van der Waals surface area (Å²) in [5.41, 5.74) is 16.0. The van der Waals surface area contributed by atoms with E-state index in [1.807, 2.05) is 5.32 Å². The lowest BCUT2D eigenvalue weighted by Gasteiger charge is -2.24. The minimum Gasteiger partial charge on any atom is -0.480 e. The Morgan fingerprint density at radius 1 is 0.620 bits per heavy atom. The lowest BCUT2D eigenvalue weighted by Crippen LogP contribution is -2.58. The van der Waals surface area contributed by atoms with Crippen LogP contribution in [0.1, 0.15) is 52.4 Å². The number of carboxylic acid groups (broad SMARTS) is 1. The van der Waals surface area contributed by atoms with Crippen molar-refractivity contribution in [2.45, 2.75) is 88.6 Å². The van der Waals surface area contributed by atoms with Gasteiger partial charge in [-0.3, -0.25) is 38.4 Å². The Hall–Kier alpha value is -4.93. The van der Waals surface area contributed by atoms with E-state index in [9.17, 15) is 53.4 Å². The number of nitrogens with two attached hydrogens (primary N) is 3. The van der Waals surface area contributed by atoms with Crippen LogP contribution < -0.4 is 54.4 Å². The molecule has 0 aliphatic heterocycles. The summed E-state index contributed by atoms with van der Waals surface area (Å²) < 4.78 is 0. The summed E-state index contributed by atoms with van der Waals surface area (Å²) in [6, 6.07) is -8.08. The summed E-state index contributed by atoms with van der Waals surface area (Å²) in [6.07, 6.45) is 0.934. The molecular formula is C28H50N10O12. The normalized spacial score (nSPS) is 14.3. The van der Waals surface area contributed by atoms with E-state index < -0.39 is 122 Å². The molecule has 0 spiro atoms. The van der Waals surface area contributed by atoms with Gasteiger partial charge in [0.2, 0.25) is 47.3 Å². The van der Waals surface area contributed by atoms with Gasteiger partial charge >= 0.3 is 5.97 Å². The van der Waals surface area contributed by atoms with Crippen molar-refractivity contribution in [2.24, 2.45) is 17.2 Å². The van der Waals surface area contributed by atoms with Crippen molar-refractivity contribution in [1.82, 2.24) is 37.2 Å². The Kier molecular flexibility index (Phi) is 21.9. The van der Waals surface area contributed by atoms with Crippen LogP contribution in [0.25, 0.3) is 0 Å². The smallest absolute Gasteiger partial charge is 0.326 e. The third kappa shape index (κ3) is 18.0. The molecule has 16 N–H and O–H groups in total. The zero-order valence-corrected chi connectivity index (χ0v) is 28.0. The van der Waals surface area contributed by atoms with Crippen LogP contribution in [0.15, 0.2) is 0 Å². The lowest BCUT2D eigenvalue weighted by atomic mass is 10.1. The fraction of sp³-hybridized carbons (Fsp3) is 0.679. The van der Waals surface area contributed by atoms with Crippen LogP contribution in [-0.2, 0) is 43.2 Å². The molecule has 0 bridgehead atoms. The summed E-state index contributed by atoms with van der Waals surface area (Å²) in [4.78, 5) is 110. The van der Waals surface area contributed by atoms with Crippen molar-refractivity contribution in [3.8, 4) is 0 Å². The second kappa shape index (κ2) is 24.2. The Balaban J connectivity index is 5.14. The summed E-state index contributed by atoms with van der Waals surface area (Å²) in [7, 11) is 0. The molecular weight excluding hydrogens is 668 g/mol. The third-order valence-electron chi connectivity index (χ3n) is 6.74. The van der Waals surface area contributed by atoms with Gasteiger partial charge in [0.15, 0.2) is 0 Å². The molecule has 50 heavy (non-hydrogen) atoms. The average molecular weight is 719 g/mol. The van der Waals surface area contributed by atoms with Crippen LogP contribution in [0, 0.1) is 0 Å². The van der Waals surface area contributed by atoms with Crippen molar-refractivity contribution in [2.75, 3.05) is 32.8 Å². The third-order valence-corrected chi connectivity index (χ3v) is 6.74. The van der Waals surface area contributed by atoms with Crippen molar-refractivity contribution < 1.29 is 58.5 Å². The first-order chi connectivity index (χ1) is 23.5. The van der Waals surface area contributed by atoms with Crippen molar-refractivity contribution >= 4 is 53.2 Å². The molecule has 0 aromatic carbocycles. The Morgan fingerprint density at radius 3 is 1.60 bits per heavy atom. The van der Waals surface area contributed by atoms with E-state index in [0.717, 1.165) is 0 Å². The molecule has 0 heterocycles. The molecule has 0 aromatic heterocycles. The number of amides is 8. The maximum Gasteiger partial charge on any atom is 0.326 e. The number of hydrogen-bond donors (Lipinski definition) is 13. The fourth-order valence-corrected chi connectivity index (χ4v) is 4.01. The van der Waals surface area contributed by atoms with Crippen molar-refractivity contribution in [3.63, 3.8) is 0 Å². The maximum absolute atomic E-state index is 12.9. The van der Waals surface area contributed by atoms with E-state index in [0.29, 0.717) is 25.8 Å². The number of primary amides is 1. The number of carbonyl (C=O) groups excluding carboxylic acids is 8. The van der Waals surface area contributed by atoms with Gasteiger partial charge in [-0.25, -0.2) is 4.79 Å². The second-order valence-electron chi connectivity index (χ2n) is 11.1. The molecule has 22 heteroatoms. The molecule has 0 aliphatic rings. The Labute approximate surface area is 287 Å². The van der Waals surface area contributed by atoms with Gasteiger partial charge in [0, 0.05) is 0 Å². The predicted octanol–water partition coefficient (Wildman–Crippen LogP) is -7.14. The molecule has 0 saturated heterocycles. The summed E-state index contributed by atoms with van der Waals surface area (Å²) >= 11 is 0. The minimum atomic E-state index is -1.72. The van der Waals surface area contributed by atoms with Gasteiger partial charge in [0.25, 0.3) is 0 Å². The highest BCUT2D eigenvalue weighted by Gasteiger charge is 2.30. The molecule has 8 amide bonds. The van der Waals surface area contributed by atoms with E-state index in [1.54, 1.807) is 6.92 Å². The van der Waals surface area contributed by atoms with E-state index >= 15 is 0 Å². The van der Waals surface area contributed by atoms with Gasteiger partial charge < -0.3 is 69.7 Å². The molecule has 0 aliphatic carbocycles. The molecule has 284 valence electrons. The number of unbranched alkanes of at least 4 members (excludes halogenated alkanes) is 1. The van der Waals surface area contributed by atoms with Gasteiger partial charge in [-0.05, 0) is 39.2 Å². The molecule has 22 nitrogen and oxygen atoms in total. The molecule has 0 fully saturated rings. The number of aliphatic carboxylic acids is 1. The van der Waals surface area contributed by atoms with Crippen LogP contribution in [0.4, 0.5) is 0 Å². The highest BCUT2D eigenvalue weighted by Crippen LogP contribution is 2.04. The summed E-state index contributed by atoms with van der Waals surface area (Å²) in [6.45, 7) is 0.260. The van der Waals surface area contributed by atoms with Gasteiger partial charge in [0.05, 0.1) is 38.8 Å². The molecule has 0 rings (SSSR count). The first-order valence-corrected chi connectivity index (χ1v) is 15.7. The summed E-state index contributed by atoms with van der Waals surface area (Å²) in [5.74, 6) is -8.74. The van der Waals surface area contributed by atoms with Gasteiger partial charge in [-0.2, -0.15) is 0 Å². The van der Waals surface area contributed by atoms with Crippen LogP contribution >= 0.6 is 0 Å². The van der Waals surface area contributed by atoms with E-state index in [1.165, 1.54) is 6.92 Å². The maximum atomic E-state index is 12.9. The molecule has 0 aromatic rings. The quantitative estimate of drug-likeness (QED) is 0.0390. The monoisotopic (exact) mass is 718 g/mol. The standard InChI is InChI=1S/C28H50N10O12/c1-3-6-15(36-27(48)19(13-40)38-25(46)16(7-4-5-8-29)35-23(44)14(2)30)24(45)33-10-21(42)32-11-22(43)34-18(12-39)26(47)37-17(28(49)50)9-20(31)41/h14-19,39-40H,3-13,29-30H2,1-2H3,(H2,31,41)(H,32,42)(H,33,45)(H,34,43)(H,35,44)(H,36,48)(H,37,47)(H,38,46)(H,49,50)/t14-,15-,16-,17-,18-,19-/m0/s1. The minimum absolute atomic E-state index is 0.0899. The first-order valence-electron chi connectivity index (χ1n) is 15.7. The van der Waals surface area contributed by atoms with E-state index in [4.69, 9.17) is 22.3 Å². The number of rotatable bonds is 25. The molecule has 6 atom stereocenters. The van der Waals surface area contributed by atoms with Crippen LogP contribution in [-0.4, -0.2) is 138 Å². The van der Waals surface area contributed by atoms with Crippen molar-refractivity contribution in [3.05, 3.63) is 0 Å². The van der Waals surface area contributed by atoms with E-state index in [2.05, 4.69) is 31.9 Å². The number of aliphatic hydroxyl groups excluding tert-OH is 2. The largest absolute Gasteiger partial charge is 0.480 e. The molecule has 0 radical (unpaired) electrons. The number of carbonyl (C=O) groups is 9. The number of nitrogens with one attached hydrogen (secondary N) is 7. The Morgan fingerprint density at radius 2 is 1.10 bits per heavy atom. The van der Waals surface area contributed by atoms with Crippen LogP contribution in [0.2, 0.25) is 0 Å². The summed E-state index contributed by atoms with van der Waals surface area (Å²) in [5, 5.41) is 44.0. The van der Waals surface area contributed by atoms with Gasteiger partial charge in [-0.1, -0.05) is 13.3 Å². The molecule has 0 unspecified atom stereocenters. The number of carboxylic acids is 1. The molecule has 0 saturated carbocycles. The van der Waals surface area contributed by atoms with Crippen LogP contribution in [0.5, 0.6) is 0 Å². The van der Waals surface area contributed by atoms with Gasteiger partial charge in [-0.15, -0.1) is 0 Å². The Bertz CT molecular complexity index is 1200. The van der Waals surface area contributed by atoms with Gasteiger partial charge in [0.1, 0.15) is 30.2 Å². The number of hydrogen-bond acceptors (Lipinski definition) is 13. The second-order valence-corrected chi connectivity index (χ2v) is 11.1. The zero-order chi connectivity index (χ0) is 38.4. The number of aliphatic hydroxyl groups is 2. The van der Waals surface area contributed by atoms with Crippen molar-refractivity contribution in [1.29, 1.82) is 0 Å². The SMILES string of the molecule is CCC[C@H](NC(=O)[C@H](CO)NC(=O)[C@H](CCCCN)NC(=O)[C@H](C)N)C(=O)NCC(=O)NCC(=O)N[C@@H](CO)C(=O)N[C@@H](CC(N)=O)C(=O)O. The fourth-order valence-electron chi connectivity index (χ4n) is 4.01. The highest BCUT2D eigenvalue weighted by molar-refractivity contribution is 5.96. The predicted molar refractivity (Wildman–Crippen MR) is 173 cm³/mol. The van der Waals surface area contributed by atoms with E-state index in [-0.39, 0.29) is 12.8 Å². The zero-order valence-electron chi connectivity index (χ0n) is 28.0. The average Bonchev–Trinajstić information content (AvgIpc) is 3.05. The van der Waals surface area contributed by atoms with Crippen LogP contribution in [0.3, 0.4) is 0 Å². The first kappa shape index (κ1) is 45.1.